The third kappa shape index (κ3) is 3.53. The molecule has 2 amide bonds. The number of hydrogen-bond donors (Lipinski definition) is 1. The number of aromatic nitrogens is 5. The summed E-state index contributed by atoms with van der Waals surface area (Å²) in [5, 5.41) is 18.7. The predicted octanol–water partition coefficient (Wildman–Crippen LogP) is 4.12. The number of amides is 2. The minimum atomic E-state index is -4.58. The molecule has 0 radical (unpaired) electrons. The van der Waals surface area contributed by atoms with Crippen LogP contribution in [-0.4, -0.2) is 42.2 Å². The number of nitrogens with zero attached hydrogens (tertiary/aromatic N) is 6. The number of carbonyl (C=O) groups excluding carboxylic acids is 1. The highest BCUT2D eigenvalue weighted by Gasteiger charge is 2.62. The van der Waals surface area contributed by atoms with Gasteiger partial charge in [-0.3, -0.25) is 0 Å². The Balaban J connectivity index is 1.46. The molecule has 2 aromatic heterocycles. The van der Waals surface area contributed by atoms with E-state index in [1.165, 1.54) is 30.2 Å². The van der Waals surface area contributed by atoms with Crippen LogP contribution in [0.15, 0.2) is 28.8 Å². The van der Waals surface area contributed by atoms with Gasteiger partial charge in [0.15, 0.2) is 0 Å². The third-order valence-electron chi connectivity index (χ3n) is 6.35. The smallest absolute Gasteiger partial charge is 0.417 e. The molecule has 3 atom stereocenters. The number of likely N-dealkylation sites (tertiary alicyclic amines) is 1. The van der Waals surface area contributed by atoms with Crippen LogP contribution in [0.4, 0.5) is 23.7 Å². The number of anilines is 1. The number of urea groups is 1. The predicted molar refractivity (Wildman–Crippen MR) is 110 cm³/mol. The van der Waals surface area contributed by atoms with E-state index in [4.69, 9.17) is 4.42 Å². The first-order valence-electron chi connectivity index (χ1n) is 10.6. The van der Waals surface area contributed by atoms with E-state index in [-0.39, 0.29) is 23.0 Å². The Kier molecular flexibility index (Phi) is 4.73. The monoisotopic (exact) mass is 461 g/mol. The number of alkyl halides is 3. The Morgan fingerprint density at radius 1 is 1.27 bits per heavy atom. The summed E-state index contributed by atoms with van der Waals surface area (Å²) in [5.74, 6) is 1.18. The Morgan fingerprint density at radius 2 is 2.06 bits per heavy atom. The van der Waals surface area contributed by atoms with Crippen molar-refractivity contribution in [3.8, 4) is 11.3 Å². The van der Waals surface area contributed by atoms with Crippen LogP contribution in [0.1, 0.15) is 43.5 Å². The normalized spacial score (nSPS) is 24.5. The molecule has 12 heteroatoms. The average molecular weight is 461 g/mol. The van der Waals surface area contributed by atoms with Crippen LogP contribution in [0, 0.1) is 12.8 Å². The summed E-state index contributed by atoms with van der Waals surface area (Å²) in [7, 11) is 1.52. The van der Waals surface area contributed by atoms with Gasteiger partial charge < -0.3 is 14.6 Å². The van der Waals surface area contributed by atoms with Gasteiger partial charge in [-0.25, -0.2) is 4.79 Å². The molecule has 1 aromatic carbocycles. The van der Waals surface area contributed by atoms with E-state index in [1.807, 2.05) is 0 Å². The molecule has 33 heavy (non-hydrogen) atoms. The summed E-state index contributed by atoms with van der Waals surface area (Å²) < 4.78 is 46.4. The van der Waals surface area contributed by atoms with Gasteiger partial charge in [0.05, 0.1) is 11.8 Å². The molecule has 1 N–H and O–H groups in total. The van der Waals surface area contributed by atoms with E-state index < -0.39 is 23.3 Å². The second-order valence-corrected chi connectivity index (χ2v) is 8.84. The van der Waals surface area contributed by atoms with Crippen molar-refractivity contribution in [2.24, 2.45) is 13.0 Å². The molecule has 5 rings (SSSR count). The Bertz CT molecular complexity index is 1220. The van der Waals surface area contributed by atoms with E-state index in [0.717, 1.165) is 12.5 Å². The summed E-state index contributed by atoms with van der Waals surface area (Å²) >= 11 is 0. The molecule has 2 bridgehead atoms. The first-order chi connectivity index (χ1) is 15.6. The SMILES string of the molecule is Cc1nnc([C@@]23C[C@@H](C)C[C@@H](C2)N3C(=O)Nc2ccc(C(F)(F)F)c(-c3cnn(C)n3)c2)o1. The lowest BCUT2D eigenvalue weighted by Crippen LogP contribution is -2.70. The van der Waals surface area contributed by atoms with Gasteiger partial charge in [-0.1, -0.05) is 6.92 Å². The maximum absolute atomic E-state index is 13.6. The maximum Gasteiger partial charge on any atom is 0.417 e. The number of rotatable bonds is 3. The molecular formula is C21H22F3N7O2. The van der Waals surface area contributed by atoms with Crippen LogP contribution >= 0.6 is 0 Å². The Hall–Kier alpha value is -3.44. The van der Waals surface area contributed by atoms with E-state index in [1.54, 1.807) is 11.8 Å². The summed E-state index contributed by atoms with van der Waals surface area (Å²) in [5.41, 5.74) is -1.42. The van der Waals surface area contributed by atoms with Crippen molar-refractivity contribution in [3.63, 3.8) is 0 Å². The third-order valence-corrected chi connectivity index (χ3v) is 6.35. The average Bonchev–Trinajstić information content (AvgIpc) is 3.35. The van der Waals surface area contributed by atoms with Crippen LogP contribution in [-0.2, 0) is 18.8 Å². The number of nitrogens with one attached hydrogen (secondary N) is 1. The fourth-order valence-corrected chi connectivity index (χ4v) is 5.17. The first kappa shape index (κ1) is 21.4. The molecule has 174 valence electrons. The van der Waals surface area contributed by atoms with Crippen molar-refractivity contribution in [2.45, 2.75) is 50.9 Å². The van der Waals surface area contributed by atoms with Crippen molar-refractivity contribution < 1.29 is 22.4 Å². The lowest BCUT2D eigenvalue weighted by atomic mass is 9.64. The minimum absolute atomic E-state index is 0.00475. The lowest BCUT2D eigenvalue weighted by molar-refractivity contribution is -0.137. The second kappa shape index (κ2) is 7.29. The zero-order chi connectivity index (χ0) is 23.5. The van der Waals surface area contributed by atoms with Crippen LogP contribution in [0.2, 0.25) is 0 Å². The first-order valence-corrected chi connectivity index (χ1v) is 10.6. The van der Waals surface area contributed by atoms with Gasteiger partial charge >= 0.3 is 12.2 Å². The van der Waals surface area contributed by atoms with Crippen LogP contribution in [0.3, 0.4) is 0 Å². The lowest BCUT2D eigenvalue weighted by Gasteiger charge is -2.61. The zero-order valence-electron chi connectivity index (χ0n) is 18.2. The quantitative estimate of drug-likeness (QED) is 0.630. The van der Waals surface area contributed by atoms with Gasteiger partial charge in [-0.15, -0.1) is 10.2 Å². The van der Waals surface area contributed by atoms with Crippen molar-refractivity contribution >= 4 is 11.7 Å². The van der Waals surface area contributed by atoms with E-state index in [0.29, 0.717) is 30.5 Å². The zero-order valence-corrected chi connectivity index (χ0v) is 18.2. The Labute approximate surface area is 187 Å². The summed E-state index contributed by atoms with van der Waals surface area (Å²) in [6, 6.07) is 3.03. The van der Waals surface area contributed by atoms with E-state index >= 15 is 0 Å². The molecule has 3 aromatic rings. The number of fused-ring (bicyclic) bond motifs is 2. The molecular weight excluding hydrogens is 439 g/mol. The topological polar surface area (TPSA) is 102 Å². The molecule has 0 unspecified atom stereocenters. The molecule has 0 spiro atoms. The van der Waals surface area contributed by atoms with Gasteiger partial charge in [0.25, 0.3) is 0 Å². The summed E-state index contributed by atoms with van der Waals surface area (Å²) in [4.78, 5) is 16.2. The number of benzene rings is 1. The maximum atomic E-state index is 13.6. The molecule has 3 heterocycles. The molecule has 9 nitrogen and oxygen atoms in total. The highest BCUT2D eigenvalue weighted by molar-refractivity contribution is 5.92. The van der Waals surface area contributed by atoms with E-state index in [2.05, 4.69) is 32.6 Å². The number of carbonyl (C=O) groups is 1. The van der Waals surface area contributed by atoms with Crippen molar-refractivity contribution in [1.82, 2.24) is 30.1 Å². The van der Waals surface area contributed by atoms with Crippen molar-refractivity contribution in [3.05, 3.63) is 41.7 Å². The van der Waals surface area contributed by atoms with Crippen molar-refractivity contribution in [1.29, 1.82) is 0 Å². The van der Waals surface area contributed by atoms with Gasteiger partial charge in [0.1, 0.15) is 11.2 Å². The molecule has 1 aliphatic heterocycles. The van der Waals surface area contributed by atoms with Crippen LogP contribution in [0.5, 0.6) is 0 Å². The molecule has 2 fully saturated rings. The molecule has 2 aliphatic rings. The fourth-order valence-electron chi connectivity index (χ4n) is 5.17. The van der Waals surface area contributed by atoms with Crippen molar-refractivity contribution in [2.75, 3.05) is 5.32 Å². The molecule has 1 aliphatic carbocycles. The minimum Gasteiger partial charge on any atom is -0.423 e. The van der Waals surface area contributed by atoms with Gasteiger partial charge in [-0.2, -0.15) is 28.2 Å². The van der Waals surface area contributed by atoms with Crippen LogP contribution in [0.25, 0.3) is 11.3 Å². The van der Waals surface area contributed by atoms with Crippen LogP contribution < -0.4 is 5.32 Å². The molecule has 1 saturated heterocycles. The number of aryl methyl sites for hydroxylation is 2. The highest BCUT2D eigenvalue weighted by Crippen LogP contribution is 2.55. The standard InChI is InChI=1S/C21H22F3N7O2/c1-11-6-14-9-20(8-11,18-28-27-12(2)33-18)31(14)19(32)26-13-4-5-16(21(22,23)24)15(7-13)17-10-25-30(3)29-17/h4-5,7,10-11,14H,6,8-9H2,1-3H3,(H,26,32)/t11-,14-,20+/m0/s1. The van der Waals surface area contributed by atoms with Gasteiger partial charge in [0.2, 0.25) is 11.8 Å². The van der Waals surface area contributed by atoms with Gasteiger partial charge in [-0.05, 0) is 37.0 Å². The summed E-state index contributed by atoms with van der Waals surface area (Å²) in [6.07, 6.45) is -1.11. The summed E-state index contributed by atoms with van der Waals surface area (Å²) in [6.45, 7) is 3.80. The Morgan fingerprint density at radius 3 is 2.70 bits per heavy atom. The second-order valence-electron chi connectivity index (χ2n) is 8.84. The van der Waals surface area contributed by atoms with E-state index in [9.17, 15) is 18.0 Å². The number of hydrogen-bond acceptors (Lipinski definition) is 6. The van der Waals surface area contributed by atoms with Gasteiger partial charge in [0, 0.05) is 37.7 Å². The highest BCUT2D eigenvalue weighted by atomic mass is 19.4. The fraction of sp³-hybridized carbons (Fsp3) is 0.476. The largest absolute Gasteiger partial charge is 0.423 e. The number of halogens is 3. The number of piperidine rings is 1. The molecule has 1 saturated carbocycles.